The number of nitrogens with zero attached hydrogens (tertiary/aromatic N) is 2. The summed E-state index contributed by atoms with van der Waals surface area (Å²) in [5.74, 6) is -1.03. The van der Waals surface area contributed by atoms with Gasteiger partial charge in [-0.2, -0.15) is 4.31 Å². The lowest BCUT2D eigenvalue weighted by atomic mass is 9.90. The van der Waals surface area contributed by atoms with Crippen molar-refractivity contribution in [3.05, 3.63) is 30.1 Å². The first-order chi connectivity index (χ1) is 12.8. The molecule has 1 saturated carbocycles. The molecule has 1 N–H and O–H groups in total. The van der Waals surface area contributed by atoms with Gasteiger partial charge in [0.05, 0.1) is 23.0 Å². The fourth-order valence-corrected chi connectivity index (χ4v) is 5.64. The van der Waals surface area contributed by atoms with E-state index in [1.807, 2.05) is 0 Å². The van der Waals surface area contributed by atoms with Crippen molar-refractivity contribution in [1.82, 2.24) is 9.21 Å². The van der Waals surface area contributed by atoms with Crippen molar-refractivity contribution in [2.24, 2.45) is 5.92 Å². The maximum Gasteiger partial charge on any atom is 0.243 e. The van der Waals surface area contributed by atoms with Gasteiger partial charge >= 0.3 is 0 Å². The standard InChI is InChI=1S/C19H27FN2O4S/c1-21(17-6-2-3-7-18(17)23)19(24)14-5-4-12-22(13-14)27(25,26)16-10-8-15(20)9-11-16/h8-11,14,17-18,23H,2-7,12-13H2,1H3/t14-,17-,18-/m1/s1. The summed E-state index contributed by atoms with van der Waals surface area (Å²) in [6.45, 7) is 0.463. The average molecular weight is 399 g/mol. The van der Waals surface area contributed by atoms with E-state index in [9.17, 15) is 22.7 Å². The fourth-order valence-electron chi connectivity index (χ4n) is 4.11. The van der Waals surface area contributed by atoms with Crippen LogP contribution in [0.4, 0.5) is 4.39 Å². The lowest BCUT2D eigenvalue weighted by Gasteiger charge is -2.39. The normalized spacial score (nSPS) is 27.3. The Bertz CT molecular complexity index is 768. The first-order valence-corrected chi connectivity index (χ1v) is 10.9. The molecule has 8 heteroatoms. The maximum absolute atomic E-state index is 13.1. The number of piperidine rings is 1. The molecule has 27 heavy (non-hydrogen) atoms. The Morgan fingerprint density at radius 2 is 1.81 bits per heavy atom. The molecule has 1 aromatic carbocycles. The highest BCUT2D eigenvalue weighted by Gasteiger charge is 2.37. The van der Waals surface area contributed by atoms with Crippen LogP contribution >= 0.6 is 0 Å². The van der Waals surface area contributed by atoms with E-state index in [1.165, 1.54) is 16.4 Å². The van der Waals surface area contributed by atoms with Crippen LogP contribution < -0.4 is 0 Å². The van der Waals surface area contributed by atoms with Gasteiger partial charge in [0.25, 0.3) is 0 Å². The molecule has 6 nitrogen and oxygen atoms in total. The van der Waals surface area contributed by atoms with Gasteiger partial charge in [-0.15, -0.1) is 0 Å². The van der Waals surface area contributed by atoms with Crippen molar-refractivity contribution in [2.45, 2.75) is 55.6 Å². The molecule has 1 aliphatic carbocycles. The van der Waals surface area contributed by atoms with E-state index >= 15 is 0 Å². The monoisotopic (exact) mass is 398 g/mol. The number of hydrogen-bond acceptors (Lipinski definition) is 4. The van der Waals surface area contributed by atoms with Crippen molar-refractivity contribution >= 4 is 15.9 Å². The van der Waals surface area contributed by atoms with Gasteiger partial charge in [0.2, 0.25) is 15.9 Å². The lowest BCUT2D eigenvalue weighted by molar-refractivity contribution is -0.140. The number of benzene rings is 1. The van der Waals surface area contributed by atoms with E-state index in [0.717, 1.165) is 31.4 Å². The number of halogens is 1. The molecule has 2 aliphatic rings. The first-order valence-electron chi connectivity index (χ1n) is 9.51. The average Bonchev–Trinajstić information content (AvgIpc) is 2.67. The number of carbonyl (C=O) groups is 1. The molecular weight excluding hydrogens is 371 g/mol. The van der Waals surface area contributed by atoms with E-state index in [1.54, 1.807) is 11.9 Å². The van der Waals surface area contributed by atoms with E-state index in [4.69, 9.17) is 0 Å². The van der Waals surface area contributed by atoms with Crippen molar-refractivity contribution in [2.75, 3.05) is 20.1 Å². The number of rotatable bonds is 4. The SMILES string of the molecule is CN(C(=O)[C@@H]1CCCN(S(=O)(=O)c2ccc(F)cc2)C1)[C@@H]1CCCC[C@H]1O. The van der Waals surface area contributed by atoms with Gasteiger partial charge in [-0.3, -0.25) is 4.79 Å². The van der Waals surface area contributed by atoms with Crippen LogP contribution in [-0.4, -0.2) is 60.9 Å². The van der Waals surface area contributed by atoms with Crippen LogP contribution in [0.1, 0.15) is 38.5 Å². The number of likely N-dealkylation sites (N-methyl/N-ethyl adjacent to an activating group) is 1. The van der Waals surface area contributed by atoms with Gasteiger partial charge in [-0.1, -0.05) is 12.8 Å². The minimum Gasteiger partial charge on any atom is -0.391 e. The molecule has 2 fully saturated rings. The summed E-state index contributed by atoms with van der Waals surface area (Å²) in [6, 6.07) is 4.55. The zero-order valence-corrected chi connectivity index (χ0v) is 16.4. The second kappa shape index (κ2) is 8.24. The molecule has 1 aliphatic heterocycles. The molecular formula is C19H27FN2O4S. The summed E-state index contributed by atoms with van der Waals surface area (Å²) >= 11 is 0. The molecule has 150 valence electrons. The molecule has 1 saturated heterocycles. The summed E-state index contributed by atoms with van der Waals surface area (Å²) in [5, 5.41) is 10.2. The third-order valence-corrected chi connectivity index (χ3v) is 7.60. The highest BCUT2D eigenvalue weighted by Crippen LogP contribution is 2.28. The molecule has 3 rings (SSSR count). The zero-order chi connectivity index (χ0) is 19.6. The second-order valence-electron chi connectivity index (χ2n) is 7.52. The van der Waals surface area contributed by atoms with Crippen LogP contribution in [-0.2, 0) is 14.8 Å². The van der Waals surface area contributed by atoms with E-state index < -0.39 is 27.9 Å². The van der Waals surface area contributed by atoms with Crippen LogP contribution in [0, 0.1) is 11.7 Å². The van der Waals surface area contributed by atoms with Gasteiger partial charge in [0.15, 0.2) is 0 Å². The van der Waals surface area contributed by atoms with Gasteiger partial charge in [-0.05, 0) is 49.9 Å². The largest absolute Gasteiger partial charge is 0.391 e. The number of aliphatic hydroxyl groups is 1. The highest BCUT2D eigenvalue weighted by atomic mass is 32.2. The molecule has 3 atom stereocenters. The molecule has 0 unspecified atom stereocenters. The fraction of sp³-hybridized carbons (Fsp3) is 0.632. The van der Waals surface area contributed by atoms with Crippen LogP contribution in [0.15, 0.2) is 29.2 Å². The first kappa shape index (κ1) is 20.2. The number of hydrogen-bond donors (Lipinski definition) is 1. The molecule has 1 aromatic rings. The Balaban J connectivity index is 1.71. The van der Waals surface area contributed by atoms with Crippen LogP contribution in [0.3, 0.4) is 0 Å². The predicted octanol–water partition coefficient (Wildman–Crippen LogP) is 1.99. The summed E-state index contributed by atoms with van der Waals surface area (Å²) in [7, 11) is -2.06. The molecule has 1 heterocycles. The van der Waals surface area contributed by atoms with Gasteiger partial charge in [0.1, 0.15) is 5.82 Å². The van der Waals surface area contributed by atoms with E-state index in [-0.39, 0.29) is 23.4 Å². The van der Waals surface area contributed by atoms with Crippen molar-refractivity contribution < 1.29 is 22.7 Å². The Labute approximate surface area is 160 Å². The Kier molecular flexibility index (Phi) is 6.18. The van der Waals surface area contributed by atoms with E-state index in [0.29, 0.717) is 25.8 Å². The van der Waals surface area contributed by atoms with Crippen LogP contribution in [0.25, 0.3) is 0 Å². The molecule has 1 amide bonds. The Morgan fingerprint density at radius 3 is 2.48 bits per heavy atom. The zero-order valence-electron chi connectivity index (χ0n) is 15.6. The van der Waals surface area contributed by atoms with Crippen molar-refractivity contribution in [3.8, 4) is 0 Å². The van der Waals surface area contributed by atoms with E-state index in [2.05, 4.69) is 0 Å². The van der Waals surface area contributed by atoms with Crippen molar-refractivity contribution in [1.29, 1.82) is 0 Å². The Morgan fingerprint density at radius 1 is 1.15 bits per heavy atom. The van der Waals surface area contributed by atoms with Crippen LogP contribution in [0.2, 0.25) is 0 Å². The minimum atomic E-state index is -3.76. The Hall–Kier alpha value is -1.51. The van der Waals surface area contributed by atoms with Crippen LogP contribution in [0.5, 0.6) is 0 Å². The number of carbonyl (C=O) groups excluding carboxylic acids is 1. The lowest BCUT2D eigenvalue weighted by Crippen LogP contribution is -2.51. The summed E-state index contributed by atoms with van der Waals surface area (Å²) in [5.41, 5.74) is 0. The summed E-state index contributed by atoms with van der Waals surface area (Å²) in [4.78, 5) is 14.6. The van der Waals surface area contributed by atoms with Crippen molar-refractivity contribution in [3.63, 3.8) is 0 Å². The molecule has 0 bridgehead atoms. The third-order valence-electron chi connectivity index (χ3n) is 5.72. The second-order valence-corrected chi connectivity index (χ2v) is 9.46. The van der Waals surface area contributed by atoms with Gasteiger partial charge < -0.3 is 10.0 Å². The minimum absolute atomic E-state index is 0.0352. The molecule has 0 radical (unpaired) electrons. The number of sulfonamides is 1. The maximum atomic E-state index is 13.1. The summed E-state index contributed by atoms with van der Waals surface area (Å²) in [6.07, 6.45) is 4.11. The molecule has 0 spiro atoms. The van der Waals surface area contributed by atoms with Gasteiger partial charge in [0, 0.05) is 20.1 Å². The highest BCUT2D eigenvalue weighted by molar-refractivity contribution is 7.89. The smallest absolute Gasteiger partial charge is 0.243 e. The number of aliphatic hydroxyl groups excluding tert-OH is 1. The summed E-state index contributed by atoms with van der Waals surface area (Å²) < 4.78 is 40.1. The third kappa shape index (κ3) is 4.33. The van der Waals surface area contributed by atoms with Gasteiger partial charge in [-0.25, -0.2) is 12.8 Å². The molecule has 0 aromatic heterocycles. The predicted molar refractivity (Wildman–Crippen MR) is 98.9 cm³/mol. The number of amides is 1. The quantitative estimate of drug-likeness (QED) is 0.841. The topological polar surface area (TPSA) is 77.9 Å².